The van der Waals surface area contributed by atoms with Gasteiger partial charge < -0.3 is 25.8 Å². The molecule has 2 saturated heterocycles. The predicted molar refractivity (Wildman–Crippen MR) is 192 cm³/mol. The molecule has 52 heavy (non-hydrogen) atoms. The number of anilines is 3. The Bertz CT molecular complexity index is 2290. The summed E-state index contributed by atoms with van der Waals surface area (Å²) in [5.74, 6) is -0.965. The smallest absolute Gasteiger partial charge is 0.319 e. The molecule has 0 saturated carbocycles. The van der Waals surface area contributed by atoms with E-state index in [9.17, 15) is 14.0 Å². The first kappa shape index (κ1) is 34.4. The van der Waals surface area contributed by atoms with E-state index in [0.29, 0.717) is 24.3 Å². The second-order valence-corrected chi connectivity index (χ2v) is 15.0. The number of hydrogen-bond donors (Lipinski definition) is 2. The second kappa shape index (κ2) is 13.1. The number of nitrogens with two attached hydrogens (primary N) is 2. The van der Waals surface area contributed by atoms with Crippen LogP contribution < -0.4 is 25.8 Å². The Hall–Kier alpha value is -4.65. The average molecular weight is 753 g/mol. The summed E-state index contributed by atoms with van der Waals surface area (Å²) in [6.45, 7) is 3.73. The lowest BCUT2D eigenvalue weighted by Crippen LogP contribution is -2.43. The number of nitrogens with zero attached hydrogens (tertiary/aromatic N) is 6. The zero-order chi connectivity index (χ0) is 36.5. The molecule has 3 aliphatic rings. The van der Waals surface area contributed by atoms with Crippen molar-refractivity contribution in [3.8, 4) is 29.0 Å². The molecule has 270 valence electrons. The van der Waals surface area contributed by atoms with Crippen LogP contribution in [-0.4, -0.2) is 64.7 Å². The molecule has 3 atom stereocenters. The van der Waals surface area contributed by atoms with Gasteiger partial charge in [-0.2, -0.15) is 15.2 Å². The fraction of sp³-hybridized carbons (Fsp3) is 0.389. The highest BCUT2D eigenvalue weighted by atomic mass is 35.5. The van der Waals surface area contributed by atoms with Crippen LogP contribution in [0.2, 0.25) is 5.02 Å². The largest absolute Gasteiger partial charge is 0.489 e. The number of nitrogen functional groups attached to an aromatic ring is 2. The topological polar surface area (TPSA) is 139 Å². The third kappa shape index (κ3) is 5.50. The van der Waals surface area contributed by atoms with Crippen LogP contribution in [-0.2, 0) is 0 Å². The normalized spacial score (nSPS) is 20.7. The number of thiophene rings is 1. The van der Waals surface area contributed by atoms with Crippen LogP contribution in [0.4, 0.5) is 34.2 Å². The van der Waals surface area contributed by atoms with Gasteiger partial charge in [0.25, 0.3) is 0 Å². The monoisotopic (exact) mass is 752 g/mol. The first-order valence-electron chi connectivity index (χ1n) is 16.9. The maximum Gasteiger partial charge on any atom is 0.319 e. The van der Waals surface area contributed by atoms with Gasteiger partial charge in [0.15, 0.2) is 11.6 Å². The Kier molecular flexibility index (Phi) is 8.67. The molecular formula is C36H33ClF4N8O2S. The van der Waals surface area contributed by atoms with Crippen molar-refractivity contribution in [2.24, 2.45) is 5.92 Å². The Labute approximate surface area is 304 Å². The van der Waals surface area contributed by atoms with Crippen molar-refractivity contribution in [3.63, 3.8) is 0 Å². The Morgan fingerprint density at radius 3 is 2.79 bits per heavy atom. The Morgan fingerprint density at radius 2 is 2.02 bits per heavy atom. The molecule has 0 aliphatic carbocycles. The Morgan fingerprint density at radius 1 is 1.19 bits per heavy atom. The minimum atomic E-state index is -2.40. The van der Waals surface area contributed by atoms with Crippen molar-refractivity contribution >= 4 is 60.6 Å². The molecule has 2 aromatic carbocycles. The van der Waals surface area contributed by atoms with Crippen molar-refractivity contribution in [2.45, 2.75) is 50.6 Å². The fourth-order valence-corrected chi connectivity index (χ4v) is 9.61. The molecule has 6 heterocycles. The molecular weight excluding hydrogens is 720 g/mol. The highest BCUT2D eigenvalue weighted by Crippen LogP contribution is 2.52. The van der Waals surface area contributed by atoms with Crippen molar-refractivity contribution in [3.05, 3.63) is 58.2 Å². The Balaban J connectivity index is 1.32. The van der Waals surface area contributed by atoms with E-state index >= 15 is 8.78 Å². The first-order chi connectivity index (χ1) is 25.0. The van der Waals surface area contributed by atoms with Crippen LogP contribution in [0, 0.1) is 28.9 Å². The van der Waals surface area contributed by atoms with Crippen LogP contribution in [0.5, 0.6) is 11.8 Å². The molecule has 3 unspecified atom stereocenters. The van der Waals surface area contributed by atoms with E-state index in [2.05, 4.69) is 14.9 Å². The molecule has 16 heteroatoms. The van der Waals surface area contributed by atoms with Gasteiger partial charge in [0.2, 0.25) is 6.43 Å². The van der Waals surface area contributed by atoms with Gasteiger partial charge in [-0.15, -0.1) is 11.3 Å². The highest BCUT2D eigenvalue weighted by molar-refractivity contribution is 7.23. The van der Waals surface area contributed by atoms with E-state index in [-0.39, 0.29) is 97.4 Å². The molecule has 0 amide bonds. The molecule has 3 aromatic heterocycles. The number of rotatable bonds is 8. The number of fused-ring (bicyclic) bond motifs is 2. The maximum absolute atomic E-state index is 17.3. The average Bonchev–Trinajstić information content (AvgIpc) is 3.72. The summed E-state index contributed by atoms with van der Waals surface area (Å²) in [6.07, 6.45) is 1.20. The highest BCUT2D eigenvalue weighted by Gasteiger charge is 2.49. The third-order valence-corrected chi connectivity index (χ3v) is 12.0. The number of benzene rings is 2. The summed E-state index contributed by atoms with van der Waals surface area (Å²) in [5, 5.41) is 10.3. The van der Waals surface area contributed by atoms with Crippen LogP contribution in [0.25, 0.3) is 32.1 Å². The molecule has 10 nitrogen and oxygen atoms in total. The van der Waals surface area contributed by atoms with Crippen LogP contribution in [0.3, 0.4) is 0 Å². The third-order valence-electron chi connectivity index (χ3n) is 10.7. The number of hydrogen-bond acceptors (Lipinski definition) is 11. The maximum atomic E-state index is 17.3. The zero-order valence-electron chi connectivity index (χ0n) is 27.9. The molecule has 3 aliphatic heterocycles. The van der Waals surface area contributed by atoms with E-state index in [4.69, 9.17) is 37.5 Å². The summed E-state index contributed by atoms with van der Waals surface area (Å²) in [5.41, 5.74) is 12.4. The fourth-order valence-electron chi connectivity index (χ4n) is 8.32. The summed E-state index contributed by atoms with van der Waals surface area (Å²) < 4.78 is 71.9. The number of pyridine rings is 1. The van der Waals surface area contributed by atoms with Crippen molar-refractivity contribution < 1.29 is 27.0 Å². The number of alkyl halides is 2. The minimum absolute atomic E-state index is 0.000361. The number of nitriles is 1. The van der Waals surface area contributed by atoms with Crippen molar-refractivity contribution in [2.75, 3.05) is 49.2 Å². The van der Waals surface area contributed by atoms with Gasteiger partial charge in [-0.25, -0.2) is 22.5 Å². The lowest BCUT2D eigenvalue weighted by molar-refractivity contribution is 0.106. The zero-order valence-corrected chi connectivity index (χ0v) is 29.5. The summed E-state index contributed by atoms with van der Waals surface area (Å²) >= 11 is 7.94. The van der Waals surface area contributed by atoms with Gasteiger partial charge in [0.1, 0.15) is 47.3 Å². The lowest BCUT2D eigenvalue weighted by Gasteiger charge is -2.32. The van der Waals surface area contributed by atoms with E-state index in [0.717, 1.165) is 30.7 Å². The van der Waals surface area contributed by atoms with Gasteiger partial charge in [-0.05, 0) is 56.3 Å². The van der Waals surface area contributed by atoms with Gasteiger partial charge in [0.05, 0.1) is 38.8 Å². The molecule has 0 spiro atoms. The molecule has 0 bridgehead atoms. The number of ether oxygens (including phenoxy) is 2. The van der Waals surface area contributed by atoms with E-state index < -0.39 is 29.6 Å². The van der Waals surface area contributed by atoms with Gasteiger partial charge in [0, 0.05) is 35.7 Å². The molecule has 8 rings (SSSR count). The van der Waals surface area contributed by atoms with Crippen LogP contribution >= 0.6 is 22.9 Å². The van der Waals surface area contributed by atoms with Crippen LogP contribution in [0.15, 0.2) is 30.5 Å². The van der Waals surface area contributed by atoms with Crippen molar-refractivity contribution in [1.29, 1.82) is 5.26 Å². The molecule has 4 N–H and O–H groups in total. The quantitative estimate of drug-likeness (QED) is 0.152. The number of aromatic nitrogens is 3. The molecule has 2 fully saturated rings. The summed E-state index contributed by atoms with van der Waals surface area (Å²) in [7, 11) is 0. The SMILES string of the molecule is CC(c1cccnc1N)N1CCOc2c(Cl)c(-c3ccc(F)c4sc(N)c(C#N)c34)c(F)c3nc(OCC45CCCN4CC(CC(F)F)C5)nc1c23. The predicted octanol–water partition coefficient (Wildman–Crippen LogP) is 7.72. The van der Waals surface area contributed by atoms with E-state index in [1.165, 1.54) is 12.1 Å². The first-order valence-corrected chi connectivity index (χ1v) is 18.1. The second-order valence-electron chi connectivity index (χ2n) is 13.6. The lowest BCUT2D eigenvalue weighted by atomic mass is 9.89. The van der Waals surface area contributed by atoms with E-state index in [1.807, 2.05) is 24.0 Å². The van der Waals surface area contributed by atoms with Crippen LogP contribution in [0.1, 0.15) is 49.8 Å². The van der Waals surface area contributed by atoms with Crippen molar-refractivity contribution in [1.82, 2.24) is 19.9 Å². The number of halogens is 5. The van der Waals surface area contributed by atoms with E-state index in [1.54, 1.807) is 12.3 Å². The van der Waals surface area contributed by atoms with Gasteiger partial charge in [-0.3, -0.25) is 4.90 Å². The van der Waals surface area contributed by atoms with Gasteiger partial charge in [-0.1, -0.05) is 23.7 Å². The molecule has 0 radical (unpaired) electrons. The standard InChI is InChI=1S/C36H33ClF4N8O2S/c1-17(19-4-2-8-45-32(19)43)49-10-11-50-30-26-29(28(41)25(27(30)37)20-5-6-22(38)31-24(20)21(14-42)33(44)52-31)46-35(47-34(26)49)51-16-36-7-3-9-48(36)15-18(13-36)12-23(39)40/h2,4-6,8,17-18,23H,3,7,9-13,15-16,44H2,1H3,(H2,43,45). The molecule has 5 aromatic rings. The van der Waals surface area contributed by atoms with Gasteiger partial charge >= 0.3 is 6.01 Å². The summed E-state index contributed by atoms with van der Waals surface area (Å²) in [4.78, 5) is 17.8. The minimum Gasteiger partial charge on any atom is -0.489 e. The summed E-state index contributed by atoms with van der Waals surface area (Å²) in [6, 6.07) is 7.61.